The van der Waals surface area contributed by atoms with Crippen molar-refractivity contribution in [3.8, 4) is 17.1 Å². The Kier molecular flexibility index (Phi) is 5.31. The summed E-state index contributed by atoms with van der Waals surface area (Å²) in [6.07, 6.45) is 3.12. The highest BCUT2D eigenvalue weighted by molar-refractivity contribution is 6.29. The fraction of sp³-hybridized carbons (Fsp3) is 0.158. The number of amides is 1. The summed E-state index contributed by atoms with van der Waals surface area (Å²) in [5.74, 6) is -1.35. The molecule has 1 aromatic carbocycles. The predicted molar refractivity (Wildman–Crippen MR) is 106 cm³/mol. The monoisotopic (exact) mass is 420 g/mol. The molecule has 0 spiro atoms. The standard InChI is InChI=1S/C19H17ClFN5O3/c1-3-29-26-19(27)13-10-22-16(20)7-15(13)25-14-6-4-5-12(17(14)28-2)18-23-8-11(21)9-24-18/h4-10H,3H2,1-2H3,(H,22,25)(H,26,27)/i2D3. The molecule has 150 valence electrons. The number of methoxy groups -OCH3 is 1. The van der Waals surface area contributed by atoms with Crippen molar-refractivity contribution in [2.24, 2.45) is 0 Å². The largest absolute Gasteiger partial charge is 0.494 e. The van der Waals surface area contributed by atoms with Crippen LogP contribution in [0.1, 0.15) is 21.4 Å². The number of benzene rings is 1. The summed E-state index contributed by atoms with van der Waals surface area (Å²) in [7, 11) is -2.82. The summed E-state index contributed by atoms with van der Waals surface area (Å²) < 4.78 is 41.1. The Morgan fingerprint density at radius 3 is 2.76 bits per heavy atom. The summed E-state index contributed by atoms with van der Waals surface area (Å²) in [6.45, 7) is 1.94. The maximum Gasteiger partial charge on any atom is 0.278 e. The van der Waals surface area contributed by atoms with E-state index in [9.17, 15) is 9.18 Å². The number of hydrogen-bond donors (Lipinski definition) is 2. The zero-order valence-corrected chi connectivity index (χ0v) is 15.8. The molecule has 2 N–H and O–H groups in total. The lowest BCUT2D eigenvalue weighted by Gasteiger charge is -2.16. The van der Waals surface area contributed by atoms with Crippen LogP contribution in [0.15, 0.2) is 42.9 Å². The molecule has 3 aromatic rings. The van der Waals surface area contributed by atoms with Gasteiger partial charge in [0.15, 0.2) is 17.4 Å². The molecule has 0 aliphatic carbocycles. The smallest absolute Gasteiger partial charge is 0.278 e. The molecule has 0 saturated heterocycles. The number of halogens is 2. The highest BCUT2D eigenvalue weighted by Gasteiger charge is 2.17. The number of para-hydroxylation sites is 1. The lowest BCUT2D eigenvalue weighted by molar-refractivity contribution is 0.0365. The van der Waals surface area contributed by atoms with Crippen molar-refractivity contribution < 1.29 is 22.9 Å². The van der Waals surface area contributed by atoms with E-state index < -0.39 is 18.8 Å². The third kappa shape index (κ3) is 4.76. The van der Waals surface area contributed by atoms with E-state index in [1.54, 1.807) is 13.0 Å². The number of hydrogen-bond acceptors (Lipinski definition) is 7. The zero-order chi connectivity index (χ0) is 23.3. The van der Waals surface area contributed by atoms with E-state index in [2.05, 4.69) is 25.7 Å². The van der Waals surface area contributed by atoms with Gasteiger partial charge in [-0.05, 0) is 25.1 Å². The molecule has 0 aliphatic rings. The van der Waals surface area contributed by atoms with E-state index >= 15 is 0 Å². The number of rotatable bonds is 7. The highest BCUT2D eigenvalue weighted by Crippen LogP contribution is 2.37. The molecular weight excluding hydrogens is 401 g/mol. The van der Waals surface area contributed by atoms with E-state index in [0.717, 1.165) is 12.4 Å². The molecule has 0 radical (unpaired) electrons. The molecule has 2 heterocycles. The van der Waals surface area contributed by atoms with Crippen molar-refractivity contribution in [3.05, 3.63) is 59.4 Å². The molecule has 0 atom stereocenters. The van der Waals surface area contributed by atoms with Gasteiger partial charge in [0.1, 0.15) is 5.15 Å². The molecule has 8 nitrogen and oxygen atoms in total. The Morgan fingerprint density at radius 1 is 1.24 bits per heavy atom. The molecule has 29 heavy (non-hydrogen) atoms. The average molecular weight is 421 g/mol. The first-order valence-electron chi connectivity index (χ1n) is 9.82. The van der Waals surface area contributed by atoms with Gasteiger partial charge in [-0.3, -0.25) is 9.63 Å². The van der Waals surface area contributed by atoms with Gasteiger partial charge in [-0.25, -0.2) is 24.8 Å². The van der Waals surface area contributed by atoms with Crippen LogP contribution >= 0.6 is 11.6 Å². The van der Waals surface area contributed by atoms with Gasteiger partial charge in [0.2, 0.25) is 0 Å². The number of anilines is 2. The first-order valence-corrected chi connectivity index (χ1v) is 8.70. The second-order valence-corrected chi connectivity index (χ2v) is 5.94. The summed E-state index contributed by atoms with van der Waals surface area (Å²) in [6, 6.07) is 6.00. The van der Waals surface area contributed by atoms with Crippen molar-refractivity contribution in [2.75, 3.05) is 19.0 Å². The number of carbonyl (C=O) groups excluding carboxylic acids is 1. The maximum absolute atomic E-state index is 13.3. The molecular formula is C19H17ClFN5O3. The van der Waals surface area contributed by atoms with Crippen LogP contribution in [0, 0.1) is 5.82 Å². The van der Waals surface area contributed by atoms with Crippen LogP contribution in [0.2, 0.25) is 5.15 Å². The first kappa shape index (κ1) is 16.6. The fourth-order valence-electron chi connectivity index (χ4n) is 2.42. The van der Waals surface area contributed by atoms with Gasteiger partial charge in [0.25, 0.3) is 5.91 Å². The van der Waals surface area contributed by atoms with Crippen LogP contribution < -0.4 is 15.5 Å². The maximum atomic E-state index is 13.3. The topological polar surface area (TPSA) is 98.3 Å². The van der Waals surface area contributed by atoms with E-state index in [1.165, 1.54) is 24.4 Å². The lowest BCUT2D eigenvalue weighted by atomic mass is 10.1. The van der Waals surface area contributed by atoms with Crippen molar-refractivity contribution in [2.45, 2.75) is 6.92 Å². The summed E-state index contributed by atoms with van der Waals surface area (Å²) in [5, 5.41) is 3.02. The van der Waals surface area contributed by atoms with Gasteiger partial charge in [0, 0.05) is 6.20 Å². The molecule has 0 saturated carbocycles. The molecule has 10 heteroatoms. The number of hydroxylamine groups is 1. The van der Waals surface area contributed by atoms with Crippen LogP contribution in [-0.2, 0) is 4.84 Å². The number of ether oxygens (including phenoxy) is 1. The Labute approximate surface area is 175 Å². The van der Waals surface area contributed by atoms with Crippen molar-refractivity contribution in [3.63, 3.8) is 0 Å². The van der Waals surface area contributed by atoms with E-state index in [4.69, 9.17) is 25.3 Å². The quantitative estimate of drug-likeness (QED) is 0.443. The van der Waals surface area contributed by atoms with E-state index in [1.807, 2.05) is 0 Å². The molecule has 0 fully saturated rings. The Morgan fingerprint density at radius 2 is 2.03 bits per heavy atom. The minimum atomic E-state index is -2.82. The number of pyridine rings is 1. The Bertz CT molecular complexity index is 1120. The van der Waals surface area contributed by atoms with Gasteiger partial charge in [-0.1, -0.05) is 17.7 Å². The zero-order valence-electron chi connectivity index (χ0n) is 18.1. The number of nitrogens with one attached hydrogen (secondary N) is 2. The second kappa shape index (κ2) is 9.26. The van der Waals surface area contributed by atoms with Crippen LogP contribution in [0.3, 0.4) is 0 Å². The summed E-state index contributed by atoms with van der Waals surface area (Å²) in [5.41, 5.74) is 2.88. The SMILES string of the molecule is [2H]C([2H])([2H])Oc1c(Nc2cc(Cl)ncc2C(=O)NOCC)cccc1-c1ncc(F)cn1. The Balaban J connectivity index is 2.09. The van der Waals surface area contributed by atoms with Gasteiger partial charge in [-0.2, -0.15) is 0 Å². The van der Waals surface area contributed by atoms with Crippen molar-refractivity contribution in [1.29, 1.82) is 0 Å². The van der Waals surface area contributed by atoms with Crippen LogP contribution in [-0.4, -0.2) is 34.5 Å². The van der Waals surface area contributed by atoms with Crippen LogP contribution in [0.4, 0.5) is 15.8 Å². The number of nitrogens with zero attached hydrogens (tertiary/aromatic N) is 3. The second-order valence-electron chi connectivity index (χ2n) is 5.55. The van der Waals surface area contributed by atoms with E-state index in [-0.39, 0.29) is 45.8 Å². The first-order chi connectivity index (χ1) is 15.2. The molecule has 1 amide bonds. The normalized spacial score (nSPS) is 12.4. The number of carbonyl (C=O) groups is 1. The highest BCUT2D eigenvalue weighted by atomic mass is 35.5. The predicted octanol–water partition coefficient (Wildman–Crippen LogP) is 3.76. The van der Waals surface area contributed by atoms with Gasteiger partial charge in [-0.15, -0.1) is 0 Å². The number of aromatic nitrogens is 3. The van der Waals surface area contributed by atoms with E-state index in [0.29, 0.717) is 0 Å². The average Bonchev–Trinajstić information content (AvgIpc) is 2.73. The fourth-order valence-corrected chi connectivity index (χ4v) is 2.58. The molecule has 0 bridgehead atoms. The molecule has 3 rings (SSSR count). The molecule has 0 aliphatic heterocycles. The van der Waals surface area contributed by atoms with Crippen molar-refractivity contribution in [1.82, 2.24) is 20.4 Å². The Hall–Kier alpha value is -3.30. The summed E-state index contributed by atoms with van der Waals surface area (Å²) >= 11 is 5.99. The lowest BCUT2D eigenvalue weighted by Crippen LogP contribution is -2.24. The van der Waals surface area contributed by atoms with Crippen LogP contribution in [0.5, 0.6) is 5.75 Å². The molecule has 0 unspecified atom stereocenters. The summed E-state index contributed by atoms with van der Waals surface area (Å²) in [4.78, 5) is 29.0. The molecule has 2 aromatic heterocycles. The van der Waals surface area contributed by atoms with Gasteiger partial charge in [0.05, 0.1) is 52.7 Å². The minimum absolute atomic E-state index is 0.0383. The minimum Gasteiger partial charge on any atom is -0.494 e. The van der Waals surface area contributed by atoms with Crippen molar-refractivity contribution >= 4 is 28.9 Å². The third-order valence-corrected chi connectivity index (χ3v) is 3.88. The van der Waals surface area contributed by atoms with Gasteiger partial charge >= 0.3 is 0 Å². The van der Waals surface area contributed by atoms with Gasteiger partial charge < -0.3 is 10.1 Å². The van der Waals surface area contributed by atoms with Crippen LogP contribution in [0.25, 0.3) is 11.4 Å². The third-order valence-electron chi connectivity index (χ3n) is 3.67.